The van der Waals surface area contributed by atoms with Crippen LogP contribution in [0.15, 0.2) is 67.0 Å². The van der Waals surface area contributed by atoms with Crippen LogP contribution in [0, 0.1) is 11.3 Å². The highest BCUT2D eigenvalue weighted by atomic mass is 19.1. The van der Waals surface area contributed by atoms with Gasteiger partial charge >= 0.3 is 0 Å². The summed E-state index contributed by atoms with van der Waals surface area (Å²) in [5.41, 5.74) is 8.86. The van der Waals surface area contributed by atoms with E-state index >= 15 is 0 Å². The molecule has 3 aromatic heterocycles. The first-order valence-corrected chi connectivity index (χ1v) is 9.57. The minimum absolute atomic E-state index is 0.106. The molecule has 7 nitrogen and oxygen atoms in total. The molecular weight excluding hydrogens is 395 g/mol. The van der Waals surface area contributed by atoms with Crippen molar-refractivity contribution >= 4 is 0 Å². The van der Waals surface area contributed by atoms with E-state index in [1.165, 1.54) is 6.20 Å². The van der Waals surface area contributed by atoms with Crippen LogP contribution in [-0.2, 0) is 7.05 Å². The second-order valence-electron chi connectivity index (χ2n) is 6.81. The summed E-state index contributed by atoms with van der Waals surface area (Å²) in [4.78, 5) is 8.67. The molecule has 0 aliphatic carbocycles. The standard InChI is InChI=1S/C23H19FN6O/c1-30-23(11-21(29-30)20-4-2-3-9-27-20)31-22-10-15(12-25)5-7-17(22)19-8-6-16(14-28-19)18(24)13-26/h2-11,14,18H,13,26H2,1H3/t18-/m1/s1. The molecule has 0 bridgehead atoms. The van der Waals surface area contributed by atoms with E-state index in [0.717, 1.165) is 5.69 Å². The van der Waals surface area contributed by atoms with Crippen molar-refractivity contribution in [3.8, 4) is 40.3 Å². The molecule has 8 heteroatoms. The van der Waals surface area contributed by atoms with Crippen LogP contribution in [0.25, 0.3) is 22.6 Å². The number of halogens is 1. The second-order valence-corrected chi connectivity index (χ2v) is 6.81. The Bertz CT molecular complexity index is 1230. The highest BCUT2D eigenvalue weighted by molar-refractivity contribution is 5.69. The summed E-state index contributed by atoms with van der Waals surface area (Å²) in [6.45, 7) is -0.106. The topological polar surface area (TPSA) is 103 Å². The lowest BCUT2D eigenvalue weighted by atomic mass is 10.1. The molecule has 0 spiro atoms. The van der Waals surface area contributed by atoms with Gasteiger partial charge in [-0.2, -0.15) is 10.4 Å². The molecule has 0 amide bonds. The first kappa shape index (κ1) is 20.2. The maximum Gasteiger partial charge on any atom is 0.218 e. The predicted octanol–water partition coefficient (Wildman–Crippen LogP) is 4.18. The van der Waals surface area contributed by atoms with Crippen molar-refractivity contribution in [3.63, 3.8) is 0 Å². The van der Waals surface area contributed by atoms with Crippen LogP contribution < -0.4 is 10.5 Å². The molecular formula is C23H19FN6O. The third-order valence-electron chi connectivity index (χ3n) is 4.72. The summed E-state index contributed by atoms with van der Waals surface area (Å²) in [6.07, 6.45) is 1.89. The molecule has 2 N–H and O–H groups in total. The number of benzene rings is 1. The highest BCUT2D eigenvalue weighted by Crippen LogP contribution is 2.34. The zero-order valence-electron chi connectivity index (χ0n) is 16.7. The molecule has 0 saturated heterocycles. The Kier molecular flexibility index (Phi) is 5.69. The van der Waals surface area contributed by atoms with E-state index in [9.17, 15) is 9.65 Å². The average Bonchev–Trinajstić information content (AvgIpc) is 3.19. The van der Waals surface area contributed by atoms with Crippen LogP contribution in [0.5, 0.6) is 11.6 Å². The number of ether oxygens (including phenoxy) is 1. The monoisotopic (exact) mass is 414 g/mol. The van der Waals surface area contributed by atoms with Crippen molar-refractivity contribution in [2.75, 3.05) is 6.54 Å². The van der Waals surface area contributed by atoms with Gasteiger partial charge in [-0.25, -0.2) is 9.07 Å². The van der Waals surface area contributed by atoms with Gasteiger partial charge < -0.3 is 10.5 Å². The van der Waals surface area contributed by atoms with Crippen LogP contribution in [0.1, 0.15) is 17.3 Å². The molecule has 3 heterocycles. The fraction of sp³-hybridized carbons (Fsp3) is 0.130. The number of hydrogen-bond acceptors (Lipinski definition) is 6. The summed E-state index contributed by atoms with van der Waals surface area (Å²) < 4.78 is 21.5. The fourth-order valence-corrected chi connectivity index (χ4v) is 3.07. The van der Waals surface area contributed by atoms with Crippen LogP contribution in [0.2, 0.25) is 0 Å². The van der Waals surface area contributed by atoms with Crippen LogP contribution >= 0.6 is 0 Å². The molecule has 31 heavy (non-hydrogen) atoms. The van der Waals surface area contributed by atoms with Gasteiger partial charge in [-0.15, -0.1) is 0 Å². The Morgan fingerprint density at radius 3 is 2.65 bits per heavy atom. The van der Waals surface area contributed by atoms with E-state index < -0.39 is 6.17 Å². The lowest BCUT2D eigenvalue weighted by Gasteiger charge is -2.12. The minimum Gasteiger partial charge on any atom is -0.439 e. The highest BCUT2D eigenvalue weighted by Gasteiger charge is 2.15. The van der Waals surface area contributed by atoms with E-state index in [-0.39, 0.29) is 6.54 Å². The number of alkyl halides is 1. The third kappa shape index (κ3) is 4.27. The van der Waals surface area contributed by atoms with Gasteiger partial charge in [0.15, 0.2) is 0 Å². The molecule has 1 aromatic carbocycles. The summed E-state index contributed by atoms with van der Waals surface area (Å²) in [5.74, 6) is 0.908. The van der Waals surface area contributed by atoms with Crippen molar-refractivity contribution in [1.82, 2.24) is 19.7 Å². The van der Waals surface area contributed by atoms with E-state index in [0.29, 0.717) is 39.7 Å². The van der Waals surface area contributed by atoms with Crippen LogP contribution in [-0.4, -0.2) is 26.3 Å². The Morgan fingerprint density at radius 2 is 1.97 bits per heavy atom. The zero-order valence-corrected chi connectivity index (χ0v) is 16.7. The maximum absolute atomic E-state index is 13.8. The van der Waals surface area contributed by atoms with Gasteiger partial charge in [-0.05, 0) is 36.4 Å². The first-order valence-electron chi connectivity index (χ1n) is 9.57. The smallest absolute Gasteiger partial charge is 0.218 e. The Morgan fingerprint density at radius 1 is 1.10 bits per heavy atom. The Labute approximate surface area is 178 Å². The summed E-state index contributed by atoms with van der Waals surface area (Å²) >= 11 is 0. The van der Waals surface area contributed by atoms with Crippen molar-refractivity contribution < 1.29 is 9.13 Å². The maximum atomic E-state index is 13.8. The lowest BCUT2D eigenvalue weighted by molar-refractivity contribution is 0.352. The van der Waals surface area contributed by atoms with Gasteiger partial charge in [0.1, 0.15) is 17.6 Å². The molecule has 0 radical (unpaired) electrons. The fourth-order valence-electron chi connectivity index (χ4n) is 3.07. The normalized spacial score (nSPS) is 11.7. The van der Waals surface area contributed by atoms with Crippen molar-refractivity contribution in [2.24, 2.45) is 12.8 Å². The number of rotatable bonds is 6. The molecule has 0 aliphatic rings. The van der Waals surface area contributed by atoms with E-state index in [2.05, 4.69) is 21.1 Å². The summed E-state index contributed by atoms with van der Waals surface area (Å²) in [5, 5.41) is 13.8. The van der Waals surface area contributed by atoms with Crippen molar-refractivity contribution in [2.45, 2.75) is 6.17 Å². The molecule has 1 atom stereocenters. The van der Waals surface area contributed by atoms with Gasteiger partial charge in [-0.1, -0.05) is 12.1 Å². The number of nitriles is 1. The van der Waals surface area contributed by atoms with E-state index in [4.69, 9.17) is 10.5 Å². The minimum atomic E-state index is -1.27. The molecule has 0 aliphatic heterocycles. The summed E-state index contributed by atoms with van der Waals surface area (Å²) in [7, 11) is 1.76. The number of nitrogens with zero attached hydrogens (tertiary/aromatic N) is 5. The average molecular weight is 414 g/mol. The molecule has 0 fully saturated rings. The Hall–Kier alpha value is -4.09. The van der Waals surface area contributed by atoms with Crippen LogP contribution in [0.4, 0.5) is 4.39 Å². The van der Waals surface area contributed by atoms with E-state index in [1.807, 2.05) is 18.2 Å². The third-order valence-corrected chi connectivity index (χ3v) is 4.72. The number of aromatic nitrogens is 4. The molecule has 0 unspecified atom stereocenters. The quantitative estimate of drug-likeness (QED) is 0.508. The van der Waals surface area contributed by atoms with E-state index in [1.54, 1.807) is 54.3 Å². The molecule has 4 rings (SSSR count). The van der Waals surface area contributed by atoms with Gasteiger partial charge in [0.25, 0.3) is 0 Å². The number of pyridine rings is 2. The van der Waals surface area contributed by atoms with Gasteiger partial charge in [0, 0.05) is 43.2 Å². The van der Waals surface area contributed by atoms with Crippen molar-refractivity contribution in [1.29, 1.82) is 5.26 Å². The SMILES string of the molecule is Cn1nc(-c2ccccn2)cc1Oc1cc(C#N)ccc1-c1ccc([C@H](F)CN)cn1. The number of hydrogen-bond donors (Lipinski definition) is 1. The van der Waals surface area contributed by atoms with Gasteiger partial charge in [-0.3, -0.25) is 9.97 Å². The number of aryl methyl sites for hydroxylation is 1. The van der Waals surface area contributed by atoms with Crippen LogP contribution in [0.3, 0.4) is 0 Å². The second kappa shape index (κ2) is 8.73. The number of nitrogens with two attached hydrogens (primary N) is 1. The Balaban J connectivity index is 1.70. The largest absolute Gasteiger partial charge is 0.439 e. The molecule has 154 valence electrons. The molecule has 0 saturated carbocycles. The van der Waals surface area contributed by atoms with Gasteiger partial charge in [0.05, 0.1) is 23.0 Å². The predicted molar refractivity (Wildman–Crippen MR) is 114 cm³/mol. The first-order chi connectivity index (χ1) is 15.1. The van der Waals surface area contributed by atoms with Crippen molar-refractivity contribution in [3.05, 3.63) is 78.1 Å². The lowest BCUT2D eigenvalue weighted by Crippen LogP contribution is -2.07. The summed E-state index contributed by atoms with van der Waals surface area (Å²) in [6, 6.07) is 17.9. The molecule has 4 aromatic rings. The van der Waals surface area contributed by atoms with Gasteiger partial charge in [0.2, 0.25) is 5.88 Å². The zero-order chi connectivity index (χ0) is 21.8.